The summed E-state index contributed by atoms with van der Waals surface area (Å²) in [5.74, 6) is -0.989. The second-order valence-corrected chi connectivity index (χ2v) is 7.81. The zero-order valence-electron chi connectivity index (χ0n) is 18.3. The van der Waals surface area contributed by atoms with E-state index in [-0.39, 0.29) is 11.4 Å². The van der Waals surface area contributed by atoms with Gasteiger partial charge in [0.15, 0.2) is 0 Å². The van der Waals surface area contributed by atoms with Crippen molar-refractivity contribution in [2.75, 3.05) is 7.11 Å². The van der Waals surface area contributed by atoms with Crippen molar-refractivity contribution in [2.45, 2.75) is 6.42 Å². The minimum atomic E-state index is -1.03. The van der Waals surface area contributed by atoms with E-state index in [4.69, 9.17) is 9.84 Å². The minimum absolute atomic E-state index is 0.126. The molecule has 5 rings (SSSR count). The number of nitrogens with zero attached hydrogens (tertiary/aromatic N) is 3. The molecule has 0 saturated heterocycles. The molecular formula is C27H20FN3O3. The highest BCUT2D eigenvalue weighted by Gasteiger charge is 2.19. The van der Waals surface area contributed by atoms with Gasteiger partial charge in [-0.2, -0.15) is 5.10 Å². The van der Waals surface area contributed by atoms with Crippen LogP contribution >= 0.6 is 0 Å². The first-order valence-corrected chi connectivity index (χ1v) is 10.6. The predicted octanol–water partition coefficient (Wildman–Crippen LogP) is 5.50. The normalized spacial score (nSPS) is 11.0. The highest BCUT2D eigenvalue weighted by molar-refractivity contribution is 5.93. The molecule has 0 spiro atoms. The van der Waals surface area contributed by atoms with Crippen LogP contribution in [0.1, 0.15) is 21.5 Å². The van der Waals surface area contributed by atoms with E-state index in [0.717, 1.165) is 39.0 Å². The van der Waals surface area contributed by atoms with Crippen molar-refractivity contribution in [3.05, 3.63) is 108 Å². The number of aromatic nitrogens is 3. The van der Waals surface area contributed by atoms with Gasteiger partial charge in [0.05, 0.1) is 12.6 Å². The number of aromatic carboxylic acids is 1. The molecule has 0 amide bonds. The molecule has 2 aromatic carbocycles. The summed E-state index contributed by atoms with van der Waals surface area (Å²) in [7, 11) is 1.47. The van der Waals surface area contributed by atoms with Gasteiger partial charge in [0.1, 0.15) is 22.8 Å². The lowest BCUT2D eigenvalue weighted by molar-refractivity contribution is 0.0693. The van der Waals surface area contributed by atoms with E-state index in [1.807, 2.05) is 36.5 Å². The minimum Gasteiger partial charge on any atom is -0.496 e. The molecule has 34 heavy (non-hydrogen) atoms. The third-order valence-corrected chi connectivity index (χ3v) is 5.71. The molecule has 0 atom stereocenters. The van der Waals surface area contributed by atoms with Crippen LogP contribution in [-0.4, -0.2) is 32.8 Å². The Bertz CT molecular complexity index is 1500. The molecule has 3 aromatic heterocycles. The number of carbonyl (C=O) groups is 1. The molecule has 0 saturated carbocycles. The van der Waals surface area contributed by atoms with E-state index in [1.54, 1.807) is 35.1 Å². The van der Waals surface area contributed by atoms with Crippen LogP contribution in [0, 0.1) is 5.82 Å². The number of ether oxygens (including phenoxy) is 1. The number of methoxy groups -OCH3 is 1. The number of rotatable bonds is 6. The number of hydrogen-bond acceptors (Lipinski definition) is 4. The van der Waals surface area contributed by atoms with Crippen molar-refractivity contribution >= 4 is 11.5 Å². The first kappa shape index (κ1) is 21.3. The van der Waals surface area contributed by atoms with Crippen molar-refractivity contribution < 1.29 is 19.0 Å². The van der Waals surface area contributed by atoms with Crippen molar-refractivity contribution in [1.82, 2.24) is 14.6 Å². The monoisotopic (exact) mass is 453 g/mol. The summed E-state index contributed by atoms with van der Waals surface area (Å²) in [6.07, 6.45) is 5.79. The van der Waals surface area contributed by atoms with Crippen molar-refractivity contribution in [3.63, 3.8) is 0 Å². The summed E-state index contributed by atoms with van der Waals surface area (Å²) in [4.78, 5) is 15.7. The van der Waals surface area contributed by atoms with Crippen LogP contribution in [0.15, 0.2) is 85.3 Å². The molecule has 6 nitrogen and oxygen atoms in total. The van der Waals surface area contributed by atoms with Gasteiger partial charge in [0.25, 0.3) is 0 Å². The summed E-state index contributed by atoms with van der Waals surface area (Å²) in [5, 5.41) is 14.3. The zero-order valence-corrected chi connectivity index (χ0v) is 18.3. The molecule has 0 unspecified atom stereocenters. The van der Waals surface area contributed by atoms with Crippen LogP contribution < -0.4 is 4.74 Å². The van der Waals surface area contributed by atoms with E-state index >= 15 is 0 Å². The molecule has 1 N–H and O–H groups in total. The van der Waals surface area contributed by atoms with E-state index < -0.39 is 5.97 Å². The number of pyridine rings is 2. The maximum Gasteiger partial charge on any atom is 0.339 e. The molecule has 3 heterocycles. The van der Waals surface area contributed by atoms with Gasteiger partial charge in [0, 0.05) is 36.1 Å². The van der Waals surface area contributed by atoms with Crippen LogP contribution in [-0.2, 0) is 6.42 Å². The van der Waals surface area contributed by atoms with Crippen LogP contribution in [0.2, 0.25) is 0 Å². The molecule has 0 radical (unpaired) electrons. The van der Waals surface area contributed by atoms with Gasteiger partial charge in [-0.3, -0.25) is 4.98 Å². The van der Waals surface area contributed by atoms with Gasteiger partial charge >= 0.3 is 5.97 Å². The predicted molar refractivity (Wildman–Crippen MR) is 127 cm³/mol. The first-order chi connectivity index (χ1) is 16.5. The largest absolute Gasteiger partial charge is 0.496 e. The standard InChI is InChI=1S/C27H20FN3O3/c1-34-26-20(3-2-4-22(26)27(32)33)15-17-11-14-31-23(16-17)24(18-9-12-29-13-10-18)25(30-31)19-5-7-21(28)8-6-19/h2-14,16H,15H2,1H3,(H,32,33). The molecule has 0 aliphatic carbocycles. The summed E-state index contributed by atoms with van der Waals surface area (Å²) in [6.45, 7) is 0. The molecule has 5 aromatic rings. The maximum absolute atomic E-state index is 13.5. The summed E-state index contributed by atoms with van der Waals surface area (Å²) in [5.41, 5.74) is 6.11. The van der Waals surface area contributed by atoms with Gasteiger partial charge in [-0.1, -0.05) is 12.1 Å². The number of halogens is 1. The Morgan fingerprint density at radius 1 is 1.03 bits per heavy atom. The lowest BCUT2D eigenvalue weighted by Gasteiger charge is -2.12. The number of carboxylic acids is 1. The second-order valence-electron chi connectivity index (χ2n) is 7.81. The Morgan fingerprint density at radius 2 is 1.79 bits per heavy atom. The van der Waals surface area contributed by atoms with Gasteiger partial charge in [-0.15, -0.1) is 0 Å². The number of para-hydroxylation sites is 1. The summed E-state index contributed by atoms with van der Waals surface area (Å²) >= 11 is 0. The quantitative estimate of drug-likeness (QED) is 0.367. The number of hydrogen-bond donors (Lipinski definition) is 1. The van der Waals surface area contributed by atoms with E-state index in [0.29, 0.717) is 12.2 Å². The Morgan fingerprint density at radius 3 is 2.50 bits per heavy atom. The Labute approximate surface area is 194 Å². The van der Waals surface area contributed by atoms with Crippen molar-refractivity contribution in [3.8, 4) is 28.1 Å². The topological polar surface area (TPSA) is 76.7 Å². The van der Waals surface area contributed by atoms with Crippen molar-refractivity contribution in [2.24, 2.45) is 0 Å². The zero-order chi connectivity index (χ0) is 23.7. The average molecular weight is 453 g/mol. The van der Waals surface area contributed by atoms with Crippen LogP contribution in [0.3, 0.4) is 0 Å². The van der Waals surface area contributed by atoms with Crippen LogP contribution in [0.4, 0.5) is 4.39 Å². The molecular weight excluding hydrogens is 433 g/mol. The lowest BCUT2D eigenvalue weighted by atomic mass is 9.98. The van der Waals surface area contributed by atoms with Gasteiger partial charge in [0.2, 0.25) is 0 Å². The Balaban J connectivity index is 1.66. The van der Waals surface area contributed by atoms with Crippen molar-refractivity contribution in [1.29, 1.82) is 0 Å². The fourth-order valence-corrected chi connectivity index (χ4v) is 4.17. The SMILES string of the molecule is COc1c(Cc2ccn3nc(-c4ccc(F)cc4)c(-c4ccncc4)c3c2)cccc1C(=O)O. The van der Waals surface area contributed by atoms with E-state index in [9.17, 15) is 14.3 Å². The fourth-order valence-electron chi connectivity index (χ4n) is 4.17. The smallest absolute Gasteiger partial charge is 0.339 e. The maximum atomic E-state index is 13.5. The highest BCUT2D eigenvalue weighted by Crippen LogP contribution is 2.36. The van der Waals surface area contributed by atoms with E-state index in [1.165, 1.54) is 25.3 Å². The van der Waals surface area contributed by atoms with E-state index in [2.05, 4.69) is 4.98 Å². The molecule has 0 aliphatic heterocycles. The van der Waals surface area contributed by atoms with Crippen LogP contribution in [0.5, 0.6) is 5.75 Å². The summed E-state index contributed by atoms with van der Waals surface area (Å²) in [6, 6.07) is 19.2. The molecule has 7 heteroatoms. The third kappa shape index (κ3) is 3.88. The average Bonchev–Trinajstić information content (AvgIpc) is 3.23. The number of fused-ring (bicyclic) bond motifs is 1. The van der Waals surface area contributed by atoms with Gasteiger partial charge < -0.3 is 9.84 Å². The molecule has 0 fully saturated rings. The van der Waals surface area contributed by atoms with Crippen LogP contribution in [0.25, 0.3) is 27.9 Å². The molecule has 0 aliphatic rings. The number of benzene rings is 2. The van der Waals surface area contributed by atoms with Gasteiger partial charge in [-0.05, 0) is 71.3 Å². The summed E-state index contributed by atoms with van der Waals surface area (Å²) < 4.78 is 20.8. The molecule has 0 bridgehead atoms. The Kier molecular flexibility index (Phi) is 5.51. The third-order valence-electron chi connectivity index (χ3n) is 5.71. The highest BCUT2D eigenvalue weighted by atomic mass is 19.1. The fraction of sp³-hybridized carbons (Fsp3) is 0.0741. The second kappa shape index (κ2) is 8.78. The van der Waals surface area contributed by atoms with Gasteiger partial charge in [-0.25, -0.2) is 13.7 Å². The molecule has 168 valence electrons. The first-order valence-electron chi connectivity index (χ1n) is 10.6. The Hall–Kier alpha value is -4.52. The number of carboxylic acid groups (broad SMARTS) is 1. The lowest BCUT2D eigenvalue weighted by Crippen LogP contribution is -2.04.